The predicted molar refractivity (Wildman–Crippen MR) is 135 cm³/mol. The molecule has 3 aromatic carbocycles. The van der Waals surface area contributed by atoms with E-state index in [1.807, 2.05) is 50.2 Å². The highest BCUT2D eigenvalue weighted by Crippen LogP contribution is 2.27. The van der Waals surface area contributed by atoms with Crippen LogP contribution in [0.3, 0.4) is 0 Å². The molecule has 172 valence electrons. The summed E-state index contributed by atoms with van der Waals surface area (Å²) >= 11 is 6.17. The molecule has 0 aliphatic rings. The molecule has 0 radical (unpaired) electrons. The van der Waals surface area contributed by atoms with Gasteiger partial charge in [-0.1, -0.05) is 105 Å². The second-order valence-electron chi connectivity index (χ2n) is 8.27. The van der Waals surface area contributed by atoms with Crippen molar-refractivity contribution in [3.8, 4) is 0 Å². The third-order valence-electron chi connectivity index (χ3n) is 6.04. The average Bonchev–Trinajstić information content (AvgIpc) is 2.85. The van der Waals surface area contributed by atoms with E-state index in [4.69, 9.17) is 11.6 Å². The van der Waals surface area contributed by atoms with Gasteiger partial charge in [0.15, 0.2) is 0 Å². The first kappa shape index (κ1) is 24.5. The van der Waals surface area contributed by atoms with Crippen molar-refractivity contribution >= 4 is 23.4 Å². The van der Waals surface area contributed by atoms with Gasteiger partial charge in [-0.15, -0.1) is 0 Å². The molecule has 0 heterocycles. The van der Waals surface area contributed by atoms with Crippen LogP contribution in [0.1, 0.15) is 54.1 Å². The monoisotopic (exact) mass is 462 g/mol. The van der Waals surface area contributed by atoms with E-state index in [0.29, 0.717) is 17.1 Å². The number of benzene rings is 3. The minimum absolute atomic E-state index is 0.0181. The molecule has 0 saturated carbocycles. The number of rotatable bonds is 10. The van der Waals surface area contributed by atoms with Gasteiger partial charge in [-0.25, -0.2) is 0 Å². The molecule has 0 spiro atoms. The van der Waals surface area contributed by atoms with Crippen molar-refractivity contribution in [2.24, 2.45) is 5.92 Å². The van der Waals surface area contributed by atoms with E-state index in [1.165, 1.54) is 11.1 Å². The highest BCUT2D eigenvalue weighted by atomic mass is 35.5. The van der Waals surface area contributed by atoms with Gasteiger partial charge in [0.25, 0.3) is 5.91 Å². The van der Waals surface area contributed by atoms with Gasteiger partial charge in [0, 0.05) is 12.5 Å². The van der Waals surface area contributed by atoms with E-state index in [9.17, 15) is 9.59 Å². The Balaban J connectivity index is 1.68. The molecule has 0 aromatic heterocycles. The second-order valence-corrected chi connectivity index (χ2v) is 8.68. The minimum Gasteiger partial charge on any atom is -0.354 e. The average molecular weight is 463 g/mol. The summed E-state index contributed by atoms with van der Waals surface area (Å²) in [5.41, 5.74) is 2.79. The first-order valence-corrected chi connectivity index (χ1v) is 11.8. The molecule has 2 amide bonds. The van der Waals surface area contributed by atoms with Crippen LogP contribution in [0.4, 0.5) is 0 Å². The Bertz CT molecular complexity index is 1000. The van der Waals surface area contributed by atoms with E-state index < -0.39 is 6.04 Å². The van der Waals surface area contributed by atoms with E-state index in [0.717, 1.165) is 12.8 Å². The summed E-state index contributed by atoms with van der Waals surface area (Å²) in [7, 11) is 0. The number of hydrogen-bond donors (Lipinski definition) is 2. The summed E-state index contributed by atoms with van der Waals surface area (Å²) < 4.78 is 0. The summed E-state index contributed by atoms with van der Waals surface area (Å²) in [6.45, 7) is 4.48. The fourth-order valence-electron chi connectivity index (χ4n) is 3.91. The van der Waals surface area contributed by atoms with Gasteiger partial charge >= 0.3 is 0 Å². The topological polar surface area (TPSA) is 58.2 Å². The SMILES string of the molecule is CCC(C)C(NC(=O)c1ccccc1Cl)C(=O)NCCC(c1ccccc1)c1ccccc1. The summed E-state index contributed by atoms with van der Waals surface area (Å²) in [4.78, 5) is 25.9. The minimum atomic E-state index is -0.634. The van der Waals surface area contributed by atoms with Gasteiger partial charge in [0.05, 0.1) is 10.6 Å². The molecule has 3 rings (SSSR count). The van der Waals surface area contributed by atoms with Crippen LogP contribution in [0.5, 0.6) is 0 Å². The maximum Gasteiger partial charge on any atom is 0.253 e. The van der Waals surface area contributed by atoms with Crippen molar-refractivity contribution in [3.05, 3.63) is 107 Å². The van der Waals surface area contributed by atoms with Crippen LogP contribution < -0.4 is 10.6 Å². The van der Waals surface area contributed by atoms with E-state index in [1.54, 1.807) is 24.3 Å². The van der Waals surface area contributed by atoms with Gasteiger partial charge in [0.2, 0.25) is 5.91 Å². The van der Waals surface area contributed by atoms with E-state index >= 15 is 0 Å². The number of hydrogen-bond acceptors (Lipinski definition) is 2. The van der Waals surface area contributed by atoms with Crippen LogP contribution in [0.15, 0.2) is 84.9 Å². The normalized spacial score (nSPS) is 12.7. The lowest BCUT2D eigenvalue weighted by atomic mass is 9.88. The molecular weight excluding hydrogens is 432 g/mol. The molecule has 0 aliphatic heterocycles. The first-order chi connectivity index (χ1) is 16.0. The van der Waals surface area contributed by atoms with Crippen molar-refractivity contribution in [2.45, 2.75) is 38.6 Å². The Morgan fingerprint density at radius 1 is 0.848 bits per heavy atom. The lowest BCUT2D eigenvalue weighted by Crippen LogP contribution is -2.50. The largest absolute Gasteiger partial charge is 0.354 e. The van der Waals surface area contributed by atoms with Gasteiger partial charge in [-0.2, -0.15) is 0 Å². The van der Waals surface area contributed by atoms with Crippen molar-refractivity contribution < 1.29 is 9.59 Å². The van der Waals surface area contributed by atoms with Gasteiger partial charge < -0.3 is 10.6 Å². The highest BCUT2D eigenvalue weighted by Gasteiger charge is 2.27. The zero-order valence-corrected chi connectivity index (χ0v) is 19.9. The number of nitrogens with one attached hydrogen (secondary N) is 2. The lowest BCUT2D eigenvalue weighted by Gasteiger charge is -2.25. The van der Waals surface area contributed by atoms with E-state index in [2.05, 4.69) is 34.9 Å². The van der Waals surface area contributed by atoms with Crippen LogP contribution in [-0.4, -0.2) is 24.4 Å². The number of carbonyl (C=O) groups excluding carboxylic acids is 2. The second kappa shape index (κ2) is 12.2. The zero-order valence-electron chi connectivity index (χ0n) is 19.1. The molecule has 0 fully saturated rings. The van der Waals surface area contributed by atoms with Gasteiger partial charge in [-0.05, 0) is 35.6 Å². The summed E-state index contributed by atoms with van der Waals surface area (Å²) in [5.74, 6) is -0.361. The van der Waals surface area contributed by atoms with E-state index in [-0.39, 0.29) is 23.7 Å². The number of amides is 2. The summed E-state index contributed by atoms with van der Waals surface area (Å²) in [6, 6.07) is 26.8. The number of carbonyl (C=O) groups is 2. The quantitative estimate of drug-likeness (QED) is 0.398. The molecule has 2 atom stereocenters. The molecule has 0 aliphatic carbocycles. The van der Waals surface area contributed by atoms with Crippen molar-refractivity contribution in [1.82, 2.24) is 10.6 Å². The highest BCUT2D eigenvalue weighted by molar-refractivity contribution is 6.33. The van der Waals surface area contributed by atoms with Crippen molar-refractivity contribution in [1.29, 1.82) is 0 Å². The summed E-state index contributed by atoms with van der Waals surface area (Å²) in [6.07, 6.45) is 1.52. The van der Waals surface area contributed by atoms with Crippen LogP contribution in [0.2, 0.25) is 5.02 Å². The van der Waals surface area contributed by atoms with Crippen LogP contribution in [0, 0.1) is 5.92 Å². The Hall–Kier alpha value is -3.11. The summed E-state index contributed by atoms with van der Waals surface area (Å²) in [5, 5.41) is 6.31. The molecule has 2 unspecified atom stereocenters. The molecule has 2 N–H and O–H groups in total. The fourth-order valence-corrected chi connectivity index (χ4v) is 4.13. The first-order valence-electron chi connectivity index (χ1n) is 11.4. The van der Waals surface area contributed by atoms with Crippen molar-refractivity contribution in [3.63, 3.8) is 0 Å². The number of halogens is 1. The Morgan fingerprint density at radius 2 is 1.39 bits per heavy atom. The van der Waals surface area contributed by atoms with Crippen molar-refractivity contribution in [2.75, 3.05) is 6.54 Å². The molecule has 0 saturated heterocycles. The van der Waals surface area contributed by atoms with Gasteiger partial charge in [0.1, 0.15) is 6.04 Å². The fraction of sp³-hybridized carbons (Fsp3) is 0.286. The molecule has 5 heteroatoms. The molecular formula is C28H31ClN2O2. The molecule has 0 bridgehead atoms. The third kappa shape index (κ3) is 6.69. The Kier molecular flexibility index (Phi) is 9.08. The molecule has 33 heavy (non-hydrogen) atoms. The standard InChI is InChI=1S/C28H31ClN2O2/c1-3-20(2)26(31-27(32)24-16-10-11-17-25(24)29)28(33)30-19-18-23(21-12-6-4-7-13-21)22-14-8-5-9-15-22/h4-17,20,23,26H,3,18-19H2,1-2H3,(H,30,33)(H,31,32). The van der Waals surface area contributed by atoms with Crippen LogP contribution in [0.25, 0.3) is 0 Å². The lowest BCUT2D eigenvalue weighted by molar-refractivity contribution is -0.124. The van der Waals surface area contributed by atoms with Crippen LogP contribution >= 0.6 is 11.6 Å². The third-order valence-corrected chi connectivity index (χ3v) is 6.37. The maximum atomic E-state index is 13.1. The Labute approximate surface area is 201 Å². The Morgan fingerprint density at radius 3 is 1.94 bits per heavy atom. The zero-order chi connectivity index (χ0) is 23.6. The molecule has 3 aromatic rings. The van der Waals surface area contributed by atoms with Crippen LogP contribution in [-0.2, 0) is 4.79 Å². The van der Waals surface area contributed by atoms with Gasteiger partial charge in [-0.3, -0.25) is 9.59 Å². The smallest absolute Gasteiger partial charge is 0.253 e. The molecule has 4 nitrogen and oxygen atoms in total. The predicted octanol–water partition coefficient (Wildman–Crippen LogP) is 5.82. The maximum absolute atomic E-state index is 13.1.